The van der Waals surface area contributed by atoms with Crippen LogP contribution in [0.5, 0.6) is 0 Å². The molecule has 0 saturated heterocycles. The van der Waals surface area contributed by atoms with E-state index in [0.717, 1.165) is 14.2 Å². The number of ketones is 1. The molecule has 0 bridgehead atoms. The number of rotatable bonds is 5. The number of carbonyl (C=O) groups excluding carboxylic acids is 3. The lowest BCUT2D eigenvalue weighted by atomic mass is 9.71. The van der Waals surface area contributed by atoms with E-state index in [-0.39, 0.29) is 17.7 Å². The minimum absolute atomic E-state index is 0.0123. The predicted octanol–water partition coefficient (Wildman–Crippen LogP) is 2.08. The number of methoxy groups -OCH3 is 2. The van der Waals surface area contributed by atoms with Crippen LogP contribution in [0.1, 0.15) is 23.7 Å². The molecule has 0 fully saturated rings. The molecule has 0 saturated carbocycles. The fourth-order valence-corrected chi connectivity index (χ4v) is 3.14. The summed E-state index contributed by atoms with van der Waals surface area (Å²) in [4.78, 5) is 47.9. The van der Waals surface area contributed by atoms with Crippen LogP contribution in [0.2, 0.25) is 0 Å². The maximum absolute atomic E-state index is 13.0. The van der Waals surface area contributed by atoms with Crippen LogP contribution in [0.4, 0.5) is 5.69 Å². The van der Waals surface area contributed by atoms with Gasteiger partial charge in [0, 0.05) is 17.7 Å². The first kappa shape index (κ1) is 18.3. The number of nitrogens with zero attached hydrogens (tertiary/aromatic N) is 1. The number of benzene rings is 1. The van der Waals surface area contributed by atoms with E-state index in [4.69, 9.17) is 9.47 Å². The molecule has 2 rings (SSSR count). The van der Waals surface area contributed by atoms with Crippen LogP contribution in [0, 0.1) is 21.4 Å². The van der Waals surface area contributed by atoms with Crippen molar-refractivity contribution in [2.24, 2.45) is 11.3 Å². The van der Waals surface area contributed by atoms with Crippen molar-refractivity contribution in [3.8, 4) is 0 Å². The maximum Gasteiger partial charge on any atom is 0.324 e. The van der Waals surface area contributed by atoms with Gasteiger partial charge in [0.05, 0.1) is 25.1 Å². The number of carbonyl (C=O) groups is 3. The van der Waals surface area contributed by atoms with Crippen molar-refractivity contribution < 1.29 is 28.8 Å². The summed E-state index contributed by atoms with van der Waals surface area (Å²) >= 11 is 0. The number of esters is 2. The second kappa shape index (κ2) is 6.84. The fourth-order valence-electron chi connectivity index (χ4n) is 3.14. The highest BCUT2D eigenvalue weighted by Gasteiger charge is 2.59. The lowest BCUT2D eigenvalue weighted by Gasteiger charge is -2.30. The van der Waals surface area contributed by atoms with Crippen LogP contribution in [0.3, 0.4) is 0 Å². The molecule has 8 heteroatoms. The topological polar surface area (TPSA) is 113 Å². The molecule has 1 aromatic carbocycles. The minimum Gasteiger partial charge on any atom is -0.468 e. The number of allylic oxidation sites excluding steroid dienone is 2. The number of nitro groups is 1. The van der Waals surface area contributed by atoms with E-state index in [2.05, 4.69) is 0 Å². The number of hydrogen-bond acceptors (Lipinski definition) is 7. The van der Waals surface area contributed by atoms with Gasteiger partial charge in [-0.05, 0) is 25.5 Å². The van der Waals surface area contributed by atoms with Gasteiger partial charge in [0.1, 0.15) is 0 Å². The molecule has 0 unspecified atom stereocenters. The van der Waals surface area contributed by atoms with Crippen molar-refractivity contribution in [3.05, 3.63) is 51.6 Å². The normalized spacial score (nSPS) is 18.2. The van der Waals surface area contributed by atoms with Gasteiger partial charge < -0.3 is 9.47 Å². The van der Waals surface area contributed by atoms with E-state index in [9.17, 15) is 24.5 Å². The monoisotopic (exact) mass is 347 g/mol. The van der Waals surface area contributed by atoms with Crippen LogP contribution >= 0.6 is 0 Å². The minimum atomic E-state index is -1.79. The zero-order valence-corrected chi connectivity index (χ0v) is 14.0. The zero-order chi connectivity index (χ0) is 18.8. The van der Waals surface area contributed by atoms with Crippen molar-refractivity contribution >= 4 is 23.4 Å². The van der Waals surface area contributed by atoms with Crippen molar-refractivity contribution in [1.29, 1.82) is 0 Å². The standard InChI is InChI=1S/C17H17NO7/c1-10-8-9-17(15(20)24-2,16(21)25-3)13(10)14(19)11-4-6-12(7-5-11)18(22)23/h4-8,13H,9H2,1-3H3/t13-/m0/s1. The second-order valence-electron chi connectivity index (χ2n) is 5.71. The Hall–Kier alpha value is -3.03. The van der Waals surface area contributed by atoms with Gasteiger partial charge in [-0.3, -0.25) is 24.5 Å². The largest absolute Gasteiger partial charge is 0.468 e. The van der Waals surface area contributed by atoms with Crippen LogP contribution in [0.25, 0.3) is 0 Å². The van der Waals surface area contributed by atoms with Gasteiger partial charge in [-0.15, -0.1) is 0 Å². The average molecular weight is 347 g/mol. The van der Waals surface area contributed by atoms with E-state index in [0.29, 0.717) is 5.57 Å². The Morgan fingerprint density at radius 3 is 2.08 bits per heavy atom. The molecule has 25 heavy (non-hydrogen) atoms. The summed E-state index contributed by atoms with van der Waals surface area (Å²) < 4.78 is 9.52. The third-order valence-corrected chi connectivity index (χ3v) is 4.42. The molecule has 1 atom stereocenters. The van der Waals surface area contributed by atoms with Crippen LogP contribution in [-0.2, 0) is 19.1 Å². The molecule has 0 heterocycles. The number of Topliss-reactive ketones (excluding diaryl/α,β-unsaturated/α-hetero) is 1. The highest BCUT2D eigenvalue weighted by atomic mass is 16.6. The summed E-state index contributed by atoms with van der Waals surface area (Å²) in [6.07, 6.45) is 1.61. The summed E-state index contributed by atoms with van der Waals surface area (Å²) in [5, 5.41) is 10.7. The van der Waals surface area contributed by atoms with Gasteiger partial charge in [0.2, 0.25) is 0 Å². The molecular formula is C17H17NO7. The molecule has 8 nitrogen and oxygen atoms in total. The van der Waals surface area contributed by atoms with Gasteiger partial charge in [-0.1, -0.05) is 11.6 Å². The van der Waals surface area contributed by atoms with Gasteiger partial charge >= 0.3 is 11.9 Å². The number of nitro benzene ring substituents is 1. The molecule has 0 spiro atoms. The molecule has 0 N–H and O–H groups in total. The molecular weight excluding hydrogens is 330 g/mol. The molecule has 0 aliphatic heterocycles. The lowest BCUT2D eigenvalue weighted by molar-refractivity contribution is -0.384. The van der Waals surface area contributed by atoms with E-state index in [1.54, 1.807) is 13.0 Å². The zero-order valence-electron chi connectivity index (χ0n) is 14.0. The Balaban J connectivity index is 2.49. The lowest BCUT2D eigenvalue weighted by Crippen LogP contribution is -2.48. The van der Waals surface area contributed by atoms with E-state index in [1.165, 1.54) is 24.3 Å². The highest BCUT2D eigenvalue weighted by Crippen LogP contribution is 2.46. The molecule has 0 radical (unpaired) electrons. The van der Waals surface area contributed by atoms with Crippen molar-refractivity contribution in [3.63, 3.8) is 0 Å². The second-order valence-corrected chi connectivity index (χ2v) is 5.71. The first-order chi connectivity index (χ1) is 11.8. The maximum atomic E-state index is 13.0. The molecule has 132 valence electrons. The summed E-state index contributed by atoms with van der Waals surface area (Å²) in [5.74, 6) is -3.30. The Kier molecular flexibility index (Phi) is 5.01. The summed E-state index contributed by atoms with van der Waals surface area (Å²) in [6.45, 7) is 1.64. The number of non-ortho nitro benzene ring substituents is 1. The van der Waals surface area contributed by atoms with Gasteiger partial charge in [0.25, 0.3) is 5.69 Å². The molecule has 0 amide bonds. The first-order valence-corrected chi connectivity index (χ1v) is 7.41. The van der Waals surface area contributed by atoms with E-state index >= 15 is 0 Å². The van der Waals surface area contributed by atoms with Crippen LogP contribution in [-0.4, -0.2) is 36.9 Å². The summed E-state index contributed by atoms with van der Waals surface area (Å²) in [6, 6.07) is 4.98. The number of hydrogen-bond donors (Lipinski definition) is 0. The van der Waals surface area contributed by atoms with Crippen molar-refractivity contribution in [2.75, 3.05) is 14.2 Å². The Labute approximate surface area is 143 Å². The highest BCUT2D eigenvalue weighted by molar-refractivity contribution is 6.11. The third kappa shape index (κ3) is 2.90. The average Bonchev–Trinajstić information content (AvgIpc) is 2.97. The molecule has 1 aliphatic carbocycles. The fraction of sp³-hybridized carbons (Fsp3) is 0.353. The molecule has 1 aliphatic rings. The number of ether oxygens (including phenoxy) is 2. The van der Waals surface area contributed by atoms with Crippen LogP contribution < -0.4 is 0 Å². The van der Waals surface area contributed by atoms with Crippen molar-refractivity contribution in [2.45, 2.75) is 13.3 Å². The smallest absolute Gasteiger partial charge is 0.324 e. The first-order valence-electron chi connectivity index (χ1n) is 7.41. The van der Waals surface area contributed by atoms with Gasteiger partial charge in [-0.25, -0.2) is 0 Å². The SMILES string of the molecule is COC(=O)C1(C(=O)OC)CC=C(C)[C@H]1C(=O)c1ccc([N+](=O)[O-])cc1. The van der Waals surface area contributed by atoms with E-state index in [1.807, 2.05) is 0 Å². The Morgan fingerprint density at radius 1 is 1.12 bits per heavy atom. The van der Waals surface area contributed by atoms with Crippen molar-refractivity contribution in [1.82, 2.24) is 0 Å². The van der Waals surface area contributed by atoms with Crippen LogP contribution in [0.15, 0.2) is 35.9 Å². The van der Waals surface area contributed by atoms with E-state index < -0.39 is 34.0 Å². The molecule has 0 aromatic heterocycles. The summed E-state index contributed by atoms with van der Waals surface area (Å²) in [5.41, 5.74) is -1.25. The van der Waals surface area contributed by atoms with Gasteiger partial charge in [0.15, 0.2) is 11.2 Å². The molecule has 1 aromatic rings. The predicted molar refractivity (Wildman–Crippen MR) is 85.8 cm³/mol. The van der Waals surface area contributed by atoms with Gasteiger partial charge in [-0.2, -0.15) is 0 Å². The Bertz CT molecular complexity index is 748. The third-order valence-electron chi connectivity index (χ3n) is 4.42. The summed E-state index contributed by atoms with van der Waals surface area (Å²) in [7, 11) is 2.27. The Morgan fingerprint density at radius 2 is 1.64 bits per heavy atom. The quantitative estimate of drug-likeness (QED) is 0.200.